The van der Waals surface area contributed by atoms with Crippen LogP contribution in [0.2, 0.25) is 0 Å². The molecule has 170 valence electrons. The molecule has 1 fully saturated rings. The third-order valence-corrected chi connectivity index (χ3v) is 6.42. The van der Waals surface area contributed by atoms with Crippen molar-refractivity contribution in [3.05, 3.63) is 29.8 Å². The Balaban J connectivity index is 1.58. The molecule has 0 aromatic heterocycles. The van der Waals surface area contributed by atoms with Crippen LogP contribution in [0.25, 0.3) is 0 Å². The molecule has 31 heavy (non-hydrogen) atoms. The van der Waals surface area contributed by atoms with Gasteiger partial charge in [0.25, 0.3) is 0 Å². The van der Waals surface area contributed by atoms with Gasteiger partial charge in [-0.25, -0.2) is 14.1 Å². The van der Waals surface area contributed by atoms with Gasteiger partial charge in [0.2, 0.25) is 5.91 Å². The van der Waals surface area contributed by atoms with E-state index in [1.54, 1.807) is 26.0 Å². The van der Waals surface area contributed by atoms with Crippen LogP contribution in [0.3, 0.4) is 0 Å². The first-order valence-electron chi connectivity index (χ1n) is 10.6. The zero-order valence-corrected chi connectivity index (χ0v) is 19.0. The molecule has 0 atom stereocenters. The van der Waals surface area contributed by atoms with Gasteiger partial charge in [0.05, 0.1) is 30.2 Å². The number of rotatable bonds is 5. The summed E-state index contributed by atoms with van der Waals surface area (Å²) in [7, 11) is 1.36. The molecule has 0 spiro atoms. The van der Waals surface area contributed by atoms with Crippen LogP contribution in [-0.2, 0) is 19.7 Å². The van der Waals surface area contributed by atoms with Gasteiger partial charge in [0, 0.05) is 19.6 Å². The van der Waals surface area contributed by atoms with Crippen LogP contribution in [0, 0.1) is 5.41 Å². The molecule has 0 unspecified atom stereocenters. The Bertz CT molecular complexity index is 875. The number of carbonyl (C=O) groups is 3. The van der Waals surface area contributed by atoms with Crippen LogP contribution in [0.4, 0.5) is 14.9 Å². The van der Waals surface area contributed by atoms with Crippen molar-refractivity contribution in [3.8, 4) is 0 Å². The van der Waals surface area contributed by atoms with Crippen LogP contribution in [0.15, 0.2) is 24.3 Å². The third-order valence-electron chi connectivity index (χ3n) is 6.42. The standard InChI is InChI=1S/C23H32FN3O4/c1-21(2,19(29)31-5)15-26-12-10-23(24,11-13-26)14-25-20(30)27-17-9-7-6-8-16(17)22(3,4)18(27)28/h6-9H,10-15H2,1-5H3,(H,25,30). The molecule has 2 aliphatic rings. The fraction of sp³-hybridized carbons (Fsp3) is 0.609. The van der Waals surface area contributed by atoms with Crippen LogP contribution in [-0.4, -0.2) is 61.8 Å². The molecule has 2 heterocycles. The van der Waals surface area contributed by atoms with E-state index >= 15 is 4.39 Å². The number of urea groups is 1. The number of nitrogens with one attached hydrogen (secondary N) is 1. The maximum atomic E-state index is 15.4. The van der Waals surface area contributed by atoms with Gasteiger partial charge < -0.3 is 15.0 Å². The predicted octanol–water partition coefficient (Wildman–Crippen LogP) is 3.02. The Hall–Kier alpha value is -2.48. The maximum absolute atomic E-state index is 15.4. The topological polar surface area (TPSA) is 79.0 Å². The quantitative estimate of drug-likeness (QED) is 0.722. The number of hydrogen-bond acceptors (Lipinski definition) is 5. The van der Waals surface area contributed by atoms with Crippen molar-refractivity contribution in [1.29, 1.82) is 0 Å². The number of likely N-dealkylation sites (tertiary alicyclic amines) is 1. The minimum Gasteiger partial charge on any atom is -0.469 e. The van der Waals surface area contributed by atoms with Crippen molar-refractivity contribution in [2.24, 2.45) is 5.41 Å². The normalized spacial score (nSPS) is 20.3. The number of amides is 3. The monoisotopic (exact) mass is 433 g/mol. The fourth-order valence-corrected chi connectivity index (χ4v) is 4.40. The molecule has 0 radical (unpaired) electrons. The number of nitrogens with zero attached hydrogens (tertiary/aromatic N) is 2. The van der Waals surface area contributed by atoms with E-state index in [1.807, 2.05) is 30.9 Å². The van der Waals surface area contributed by atoms with Gasteiger partial charge in [0.15, 0.2) is 0 Å². The molecule has 7 nitrogen and oxygen atoms in total. The SMILES string of the molecule is COC(=O)C(C)(C)CN1CCC(F)(CNC(=O)N2C(=O)C(C)(C)c3ccccc32)CC1. The molecule has 1 N–H and O–H groups in total. The number of imide groups is 1. The fourth-order valence-electron chi connectivity index (χ4n) is 4.40. The zero-order chi connectivity index (χ0) is 23.0. The number of fused-ring (bicyclic) bond motifs is 1. The van der Waals surface area contributed by atoms with Gasteiger partial charge in [-0.2, -0.15) is 0 Å². The summed E-state index contributed by atoms with van der Waals surface area (Å²) < 4.78 is 20.2. The smallest absolute Gasteiger partial charge is 0.328 e. The number of para-hydroxylation sites is 1. The van der Waals surface area contributed by atoms with Crippen LogP contribution in [0.1, 0.15) is 46.1 Å². The van der Waals surface area contributed by atoms with Crippen molar-refractivity contribution in [1.82, 2.24) is 10.2 Å². The Morgan fingerprint density at radius 1 is 1.19 bits per heavy atom. The van der Waals surface area contributed by atoms with E-state index in [4.69, 9.17) is 4.74 Å². The maximum Gasteiger partial charge on any atom is 0.328 e. The average Bonchev–Trinajstić information content (AvgIpc) is 2.93. The van der Waals surface area contributed by atoms with Crippen LogP contribution < -0.4 is 10.2 Å². The number of halogens is 1. The van der Waals surface area contributed by atoms with Crippen molar-refractivity contribution in [3.63, 3.8) is 0 Å². The first kappa shape index (κ1) is 23.2. The second-order valence-electron chi connectivity index (χ2n) is 9.74. The van der Waals surface area contributed by atoms with Gasteiger partial charge >= 0.3 is 12.0 Å². The minimum absolute atomic E-state index is 0.160. The van der Waals surface area contributed by atoms with Crippen molar-refractivity contribution in [2.45, 2.75) is 51.6 Å². The summed E-state index contributed by atoms with van der Waals surface area (Å²) in [5.74, 6) is -0.616. The zero-order valence-electron chi connectivity index (χ0n) is 19.0. The van der Waals surface area contributed by atoms with Gasteiger partial charge in [-0.1, -0.05) is 18.2 Å². The van der Waals surface area contributed by atoms with E-state index in [-0.39, 0.29) is 31.3 Å². The molecule has 3 rings (SSSR count). The van der Waals surface area contributed by atoms with E-state index in [2.05, 4.69) is 5.32 Å². The summed E-state index contributed by atoms with van der Waals surface area (Å²) in [6, 6.07) is 6.57. The van der Waals surface area contributed by atoms with E-state index in [9.17, 15) is 14.4 Å². The summed E-state index contributed by atoms with van der Waals surface area (Å²) in [6.45, 7) is 8.46. The highest BCUT2D eigenvalue weighted by atomic mass is 19.1. The molecule has 1 aromatic carbocycles. The summed E-state index contributed by atoms with van der Waals surface area (Å²) in [5, 5.41) is 2.63. The number of hydrogen-bond donors (Lipinski definition) is 1. The minimum atomic E-state index is -1.56. The van der Waals surface area contributed by atoms with Crippen molar-refractivity contribution in [2.75, 3.05) is 38.2 Å². The van der Waals surface area contributed by atoms with Crippen molar-refractivity contribution < 1.29 is 23.5 Å². The Morgan fingerprint density at radius 3 is 2.42 bits per heavy atom. The van der Waals surface area contributed by atoms with Gasteiger partial charge in [-0.05, 0) is 52.2 Å². The summed E-state index contributed by atoms with van der Waals surface area (Å²) in [5.41, 5.74) is -1.71. The van der Waals surface area contributed by atoms with Crippen LogP contribution in [0.5, 0.6) is 0 Å². The Kier molecular flexibility index (Phi) is 6.15. The number of esters is 1. The van der Waals surface area contributed by atoms with E-state index < -0.39 is 22.5 Å². The van der Waals surface area contributed by atoms with Gasteiger partial charge in [-0.15, -0.1) is 0 Å². The summed E-state index contributed by atoms with van der Waals surface area (Å²) >= 11 is 0. The Labute approximate surface area is 182 Å². The molecule has 1 saturated heterocycles. The first-order chi connectivity index (χ1) is 14.4. The molecular formula is C23H32FN3O4. The number of benzene rings is 1. The summed E-state index contributed by atoms with van der Waals surface area (Å²) in [4.78, 5) is 40.7. The summed E-state index contributed by atoms with van der Waals surface area (Å²) in [6.07, 6.45) is 0.473. The number of methoxy groups -OCH3 is 1. The molecule has 0 bridgehead atoms. The highest BCUT2D eigenvalue weighted by Crippen LogP contribution is 2.41. The molecule has 8 heteroatoms. The number of piperidine rings is 1. The molecular weight excluding hydrogens is 401 g/mol. The van der Waals surface area contributed by atoms with Gasteiger partial charge in [-0.3, -0.25) is 9.59 Å². The lowest BCUT2D eigenvalue weighted by molar-refractivity contribution is -0.152. The molecule has 0 aliphatic carbocycles. The number of carbonyl (C=O) groups excluding carboxylic acids is 3. The predicted molar refractivity (Wildman–Crippen MR) is 116 cm³/mol. The third kappa shape index (κ3) is 4.44. The molecule has 1 aromatic rings. The largest absolute Gasteiger partial charge is 0.469 e. The number of alkyl halides is 1. The highest BCUT2D eigenvalue weighted by Gasteiger charge is 2.47. The van der Waals surface area contributed by atoms with E-state index in [0.29, 0.717) is 25.3 Å². The number of ether oxygens (including phenoxy) is 1. The molecule has 3 amide bonds. The second kappa shape index (κ2) is 8.22. The Morgan fingerprint density at radius 2 is 1.81 bits per heavy atom. The lowest BCUT2D eigenvalue weighted by atomic mass is 9.86. The van der Waals surface area contributed by atoms with E-state index in [0.717, 1.165) is 10.5 Å². The van der Waals surface area contributed by atoms with Gasteiger partial charge in [0.1, 0.15) is 5.67 Å². The molecule has 2 aliphatic heterocycles. The lowest BCUT2D eigenvalue weighted by Crippen LogP contribution is -2.53. The van der Waals surface area contributed by atoms with E-state index in [1.165, 1.54) is 7.11 Å². The highest BCUT2D eigenvalue weighted by molar-refractivity contribution is 6.22. The van der Waals surface area contributed by atoms with Crippen molar-refractivity contribution >= 4 is 23.6 Å². The van der Waals surface area contributed by atoms with Crippen LogP contribution >= 0.6 is 0 Å². The molecule has 0 saturated carbocycles. The lowest BCUT2D eigenvalue weighted by Gasteiger charge is -2.39. The first-order valence-corrected chi connectivity index (χ1v) is 10.6. The second-order valence-corrected chi connectivity index (χ2v) is 9.74. The average molecular weight is 434 g/mol. The number of anilines is 1.